The summed E-state index contributed by atoms with van der Waals surface area (Å²) in [6.45, 7) is 6.84. The number of nitrogens with zero attached hydrogens (tertiary/aromatic N) is 2. The van der Waals surface area contributed by atoms with Gasteiger partial charge in [0, 0.05) is 19.6 Å². The van der Waals surface area contributed by atoms with Gasteiger partial charge in [0.05, 0.1) is 0 Å². The molecule has 0 bridgehead atoms. The molecule has 3 heteroatoms. The van der Waals surface area contributed by atoms with Gasteiger partial charge in [0.15, 0.2) is 0 Å². The zero-order valence-corrected chi connectivity index (χ0v) is 14.4. The second-order valence-electron chi connectivity index (χ2n) is 6.73. The van der Waals surface area contributed by atoms with Crippen molar-refractivity contribution in [1.82, 2.24) is 9.80 Å². The number of hydrogen-bond donors (Lipinski definition) is 1. The first-order chi connectivity index (χ1) is 11.8. The highest BCUT2D eigenvalue weighted by Crippen LogP contribution is 2.13. The Kier molecular flexibility index (Phi) is 6.27. The van der Waals surface area contributed by atoms with Gasteiger partial charge in [0.2, 0.25) is 0 Å². The number of aryl methyl sites for hydroxylation is 1. The van der Waals surface area contributed by atoms with E-state index in [1.165, 1.54) is 43.5 Å². The first kappa shape index (κ1) is 17.0. The fourth-order valence-electron chi connectivity index (χ4n) is 3.42. The number of phenols is 1. The topological polar surface area (TPSA) is 26.7 Å². The molecule has 3 nitrogen and oxygen atoms in total. The fourth-order valence-corrected chi connectivity index (χ4v) is 3.42. The molecule has 0 atom stereocenters. The van der Waals surface area contributed by atoms with E-state index in [9.17, 15) is 5.11 Å². The van der Waals surface area contributed by atoms with Crippen molar-refractivity contribution < 1.29 is 5.11 Å². The molecule has 0 aromatic heterocycles. The van der Waals surface area contributed by atoms with Gasteiger partial charge in [-0.1, -0.05) is 42.5 Å². The van der Waals surface area contributed by atoms with Gasteiger partial charge in [0.1, 0.15) is 5.75 Å². The van der Waals surface area contributed by atoms with Gasteiger partial charge in [-0.25, -0.2) is 0 Å². The maximum Gasteiger partial charge on any atom is 0.115 e. The lowest BCUT2D eigenvalue weighted by Crippen LogP contribution is -2.31. The van der Waals surface area contributed by atoms with Crippen LogP contribution in [0.15, 0.2) is 54.6 Å². The minimum Gasteiger partial charge on any atom is -0.508 e. The molecule has 0 amide bonds. The number of hydrogen-bond acceptors (Lipinski definition) is 3. The van der Waals surface area contributed by atoms with Crippen LogP contribution in [0.25, 0.3) is 0 Å². The Morgan fingerprint density at radius 3 is 2.25 bits per heavy atom. The molecule has 0 unspecified atom stereocenters. The third-order valence-corrected chi connectivity index (χ3v) is 4.81. The summed E-state index contributed by atoms with van der Waals surface area (Å²) >= 11 is 0. The van der Waals surface area contributed by atoms with Crippen molar-refractivity contribution in [3.63, 3.8) is 0 Å². The molecular weight excluding hydrogens is 296 g/mol. The molecule has 0 radical (unpaired) electrons. The highest BCUT2D eigenvalue weighted by molar-refractivity contribution is 5.25. The zero-order chi connectivity index (χ0) is 16.6. The normalized spacial score (nSPS) is 16.8. The van der Waals surface area contributed by atoms with Crippen molar-refractivity contribution in [1.29, 1.82) is 0 Å². The van der Waals surface area contributed by atoms with E-state index in [0.717, 1.165) is 26.2 Å². The smallest absolute Gasteiger partial charge is 0.115 e. The number of aromatic hydroxyl groups is 1. The second-order valence-corrected chi connectivity index (χ2v) is 6.73. The van der Waals surface area contributed by atoms with Gasteiger partial charge in [0.25, 0.3) is 0 Å². The highest BCUT2D eigenvalue weighted by atomic mass is 16.3. The summed E-state index contributed by atoms with van der Waals surface area (Å²) in [5.74, 6) is 0.346. The lowest BCUT2D eigenvalue weighted by atomic mass is 10.1. The van der Waals surface area contributed by atoms with Crippen molar-refractivity contribution >= 4 is 0 Å². The maximum absolute atomic E-state index is 9.39. The van der Waals surface area contributed by atoms with Gasteiger partial charge in [-0.2, -0.15) is 0 Å². The minimum absolute atomic E-state index is 0.346. The Morgan fingerprint density at radius 2 is 1.46 bits per heavy atom. The van der Waals surface area contributed by atoms with Crippen molar-refractivity contribution in [2.75, 3.05) is 32.7 Å². The third-order valence-electron chi connectivity index (χ3n) is 4.81. The Bertz CT molecular complexity index is 597. The van der Waals surface area contributed by atoms with E-state index in [4.69, 9.17) is 0 Å². The molecule has 2 aromatic carbocycles. The standard InChI is InChI=1S/C21H28N2O/c24-21-11-9-20(10-12-21)18-23-15-5-14-22(16-17-23)13-4-8-19-6-2-1-3-7-19/h1-3,6-7,9-12,24H,4-5,8,13-18H2. The molecule has 3 rings (SSSR count). The molecule has 128 valence electrons. The first-order valence-corrected chi connectivity index (χ1v) is 9.06. The summed E-state index contributed by atoms with van der Waals surface area (Å²) in [6.07, 6.45) is 3.65. The van der Waals surface area contributed by atoms with Crippen molar-refractivity contribution in [2.24, 2.45) is 0 Å². The van der Waals surface area contributed by atoms with Crippen LogP contribution < -0.4 is 0 Å². The average Bonchev–Trinajstić information content (AvgIpc) is 2.83. The predicted molar refractivity (Wildman–Crippen MR) is 99.2 cm³/mol. The highest BCUT2D eigenvalue weighted by Gasteiger charge is 2.14. The lowest BCUT2D eigenvalue weighted by Gasteiger charge is -2.22. The van der Waals surface area contributed by atoms with E-state index in [1.807, 2.05) is 12.1 Å². The Hall–Kier alpha value is -1.84. The van der Waals surface area contributed by atoms with Crippen LogP contribution in [0, 0.1) is 0 Å². The van der Waals surface area contributed by atoms with E-state index < -0.39 is 0 Å². The molecule has 0 aliphatic carbocycles. The summed E-state index contributed by atoms with van der Waals surface area (Å²) in [4.78, 5) is 5.14. The van der Waals surface area contributed by atoms with Crippen molar-refractivity contribution in [3.8, 4) is 5.75 Å². The third kappa shape index (κ3) is 5.36. The monoisotopic (exact) mass is 324 g/mol. The SMILES string of the molecule is Oc1ccc(CN2CCCN(CCCc3ccccc3)CC2)cc1. The zero-order valence-electron chi connectivity index (χ0n) is 14.4. The van der Waals surface area contributed by atoms with Crippen molar-refractivity contribution in [3.05, 3.63) is 65.7 Å². The average molecular weight is 324 g/mol. The fraction of sp³-hybridized carbons (Fsp3) is 0.429. The molecular formula is C21H28N2O. The maximum atomic E-state index is 9.39. The summed E-state index contributed by atoms with van der Waals surface area (Å²) in [7, 11) is 0. The van der Waals surface area contributed by atoms with Crippen molar-refractivity contribution in [2.45, 2.75) is 25.8 Å². The molecule has 1 aliphatic rings. The molecule has 0 spiro atoms. The molecule has 2 aromatic rings. The van der Waals surface area contributed by atoms with E-state index in [0.29, 0.717) is 5.75 Å². The minimum atomic E-state index is 0.346. The molecule has 0 saturated carbocycles. The van der Waals surface area contributed by atoms with Crippen LogP contribution in [-0.2, 0) is 13.0 Å². The second kappa shape index (κ2) is 8.86. The molecule has 1 saturated heterocycles. The number of benzene rings is 2. The van der Waals surface area contributed by atoms with Gasteiger partial charge in [-0.15, -0.1) is 0 Å². The Morgan fingerprint density at radius 1 is 0.750 bits per heavy atom. The first-order valence-electron chi connectivity index (χ1n) is 9.06. The van der Waals surface area contributed by atoms with Crippen LogP contribution in [-0.4, -0.2) is 47.6 Å². The van der Waals surface area contributed by atoms with E-state index in [2.05, 4.69) is 40.1 Å². The largest absolute Gasteiger partial charge is 0.508 e. The van der Waals surface area contributed by atoms with Crippen LogP contribution in [0.4, 0.5) is 0 Å². The van der Waals surface area contributed by atoms with E-state index >= 15 is 0 Å². The van der Waals surface area contributed by atoms with Crippen LogP contribution in [0.1, 0.15) is 24.0 Å². The van der Waals surface area contributed by atoms with Gasteiger partial charge >= 0.3 is 0 Å². The van der Waals surface area contributed by atoms with Gasteiger partial charge in [-0.05, 0) is 62.2 Å². The van der Waals surface area contributed by atoms with Crippen LogP contribution in [0.2, 0.25) is 0 Å². The van der Waals surface area contributed by atoms with Gasteiger partial charge in [-0.3, -0.25) is 4.90 Å². The molecule has 1 aliphatic heterocycles. The molecule has 1 fully saturated rings. The van der Waals surface area contributed by atoms with E-state index in [1.54, 1.807) is 12.1 Å². The Labute approximate surface area is 145 Å². The quantitative estimate of drug-likeness (QED) is 0.880. The summed E-state index contributed by atoms with van der Waals surface area (Å²) in [6, 6.07) is 18.4. The molecule has 24 heavy (non-hydrogen) atoms. The molecule has 1 N–H and O–H groups in total. The molecule has 1 heterocycles. The number of phenolic OH excluding ortho intramolecular Hbond substituents is 1. The lowest BCUT2D eigenvalue weighted by molar-refractivity contribution is 0.250. The number of rotatable bonds is 6. The van der Waals surface area contributed by atoms with Crippen LogP contribution >= 0.6 is 0 Å². The summed E-state index contributed by atoms with van der Waals surface area (Å²) in [5, 5.41) is 9.39. The van der Waals surface area contributed by atoms with E-state index in [-0.39, 0.29) is 0 Å². The van der Waals surface area contributed by atoms with Crippen LogP contribution in [0.5, 0.6) is 5.75 Å². The Balaban J connectivity index is 1.40. The van der Waals surface area contributed by atoms with Crippen LogP contribution in [0.3, 0.4) is 0 Å². The summed E-state index contributed by atoms with van der Waals surface area (Å²) < 4.78 is 0. The predicted octanol–water partition coefficient (Wildman–Crippen LogP) is 3.53. The van der Waals surface area contributed by atoms with Gasteiger partial charge < -0.3 is 10.0 Å². The summed E-state index contributed by atoms with van der Waals surface area (Å²) in [5.41, 5.74) is 2.73.